The number of hydrogen-bond acceptors (Lipinski definition) is 3. The molecule has 0 saturated heterocycles. The summed E-state index contributed by atoms with van der Waals surface area (Å²) in [6.07, 6.45) is -5.84. The van der Waals surface area contributed by atoms with Crippen LogP contribution in [0.5, 0.6) is 0 Å². The van der Waals surface area contributed by atoms with Crippen molar-refractivity contribution in [3.63, 3.8) is 0 Å². The van der Waals surface area contributed by atoms with Crippen molar-refractivity contribution in [2.75, 3.05) is 0 Å². The van der Waals surface area contributed by atoms with E-state index >= 15 is 0 Å². The van der Waals surface area contributed by atoms with Crippen molar-refractivity contribution in [1.29, 1.82) is 0 Å². The summed E-state index contributed by atoms with van der Waals surface area (Å²) in [5.74, 6) is -1.12. The second kappa shape index (κ2) is 5.15. The lowest BCUT2D eigenvalue weighted by Gasteiger charge is -2.32. The minimum atomic E-state index is -5.04. The first kappa shape index (κ1) is 16.1. The number of halogens is 5. The molecule has 2 rings (SSSR count). The zero-order valence-electron chi connectivity index (χ0n) is 10.6. The lowest BCUT2D eigenvalue weighted by Crippen LogP contribution is -2.56. The lowest BCUT2D eigenvalue weighted by molar-refractivity contribution is -0.297. The molecule has 1 aromatic rings. The molecule has 9 heteroatoms. The average molecular weight is 341 g/mol. The SMILES string of the molecule is CC1=NN(C(=O)c2ccc(Cl)c(Cl)c2)[C@](O)(C(F)(F)F)C1. The number of carbonyl (C=O) groups excluding carboxylic acids is 1. The van der Waals surface area contributed by atoms with Crippen LogP contribution >= 0.6 is 23.2 Å². The molecule has 0 spiro atoms. The quantitative estimate of drug-likeness (QED) is 0.851. The minimum Gasteiger partial charge on any atom is -0.362 e. The normalized spacial score (nSPS) is 22.4. The molecule has 1 aliphatic heterocycles. The standard InChI is InChI=1S/C12H9Cl2F3N2O2/c1-6-5-11(21,12(15,16)17)19(18-6)10(20)7-2-3-8(13)9(14)4-7/h2-4,21H,5H2,1H3/t11-/m1/s1. The molecule has 0 fully saturated rings. The van der Waals surface area contributed by atoms with Crippen molar-refractivity contribution >= 4 is 34.8 Å². The monoisotopic (exact) mass is 340 g/mol. The van der Waals surface area contributed by atoms with Crippen molar-refractivity contribution in [2.45, 2.75) is 25.2 Å². The van der Waals surface area contributed by atoms with Crippen LogP contribution in [0.3, 0.4) is 0 Å². The average Bonchev–Trinajstić information content (AvgIpc) is 2.68. The maximum atomic E-state index is 13.0. The van der Waals surface area contributed by atoms with Gasteiger partial charge in [0.05, 0.1) is 10.0 Å². The summed E-state index contributed by atoms with van der Waals surface area (Å²) in [5, 5.41) is 13.5. The van der Waals surface area contributed by atoms with Gasteiger partial charge in [-0.2, -0.15) is 23.3 Å². The van der Waals surface area contributed by atoms with Crippen LogP contribution in [0.25, 0.3) is 0 Å². The topological polar surface area (TPSA) is 52.9 Å². The molecule has 1 atom stereocenters. The molecule has 1 N–H and O–H groups in total. The summed E-state index contributed by atoms with van der Waals surface area (Å²) in [6.45, 7) is 1.29. The van der Waals surface area contributed by atoms with E-state index in [1.54, 1.807) is 0 Å². The molecule has 0 aromatic heterocycles. The zero-order chi connectivity index (χ0) is 16.0. The van der Waals surface area contributed by atoms with Crippen LogP contribution < -0.4 is 0 Å². The molecule has 114 valence electrons. The highest BCUT2D eigenvalue weighted by molar-refractivity contribution is 6.42. The Morgan fingerprint density at radius 1 is 1.38 bits per heavy atom. The number of rotatable bonds is 1. The number of benzene rings is 1. The van der Waals surface area contributed by atoms with E-state index in [2.05, 4.69) is 5.10 Å². The van der Waals surface area contributed by atoms with Crippen molar-refractivity contribution in [2.24, 2.45) is 5.10 Å². The summed E-state index contributed by atoms with van der Waals surface area (Å²) in [6, 6.07) is 3.60. The fourth-order valence-electron chi connectivity index (χ4n) is 1.91. The van der Waals surface area contributed by atoms with Gasteiger partial charge >= 0.3 is 6.18 Å². The van der Waals surface area contributed by atoms with Gasteiger partial charge in [0.2, 0.25) is 0 Å². The first-order chi connectivity index (χ1) is 9.56. The van der Waals surface area contributed by atoms with Crippen LogP contribution in [0.15, 0.2) is 23.3 Å². The van der Waals surface area contributed by atoms with E-state index in [0.717, 1.165) is 6.07 Å². The Balaban J connectivity index is 2.43. The van der Waals surface area contributed by atoms with E-state index < -0.39 is 24.2 Å². The molecule has 0 unspecified atom stereocenters. The predicted octanol–water partition coefficient (Wildman–Crippen LogP) is 3.47. The third-order valence-electron chi connectivity index (χ3n) is 2.94. The molecule has 1 amide bonds. The number of nitrogens with zero attached hydrogens (tertiary/aromatic N) is 2. The largest absolute Gasteiger partial charge is 0.438 e. The summed E-state index contributed by atoms with van der Waals surface area (Å²) >= 11 is 11.4. The van der Waals surface area contributed by atoms with E-state index in [1.807, 2.05) is 0 Å². The van der Waals surface area contributed by atoms with Crippen molar-refractivity contribution in [3.05, 3.63) is 33.8 Å². The fourth-order valence-corrected chi connectivity index (χ4v) is 2.20. The highest BCUT2D eigenvalue weighted by Crippen LogP contribution is 2.41. The van der Waals surface area contributed by atoms with Crippen molar-refractivity contribution in [1.82, 2.24) is 5.01 Å². The molecule has 0 bridgehead atoms. The maximum absolute atomic E-state index is 13.0. The first-order valence-electron chi connectivity index (χ1n) is 5.69. The van der Waals surface area contributed by atoms with Crippen LogP contribution in [-0.4, -0.2) is 33.6 Å². The van der Waals surface area contributed by atoms with Gasteiger partial charge in [0.1, 0.15) is 0 Å². The van der Waals surface area contributed by atoms with Gasteiger partial charge in [-0.15, -0.1) is 0 Å². The van der Waals surface area contributed by atoms with Crippen LogP contribution in [-0.2, 0) is 0 Å². The Morgan fingerprint density at radius 3 is 2.52 bits per heavy atom. The zero-order valence-corrected chi connectivity index (χ0v) is 12.1. The number of hydrogen-bond donors (Lipinski definition) is 1. The molecule has 1 aromatic carbocycles. The molecular formula is C12H9Cl2F3N2O2. The summed E-state index contributed by atoms with van der Waals surface area (Å²) < 4.78 is 39.1. The third-order valence-corrected chi connectivity index (χ3v) is 3.68. The molecule has 0 radical (unpaired) electrons. The lowest BCUT2D eigenvalue weighted by atomic mass is 10.1. The first-order valence-corrected chi connectivity index (χ1v) is 6.44. The molecule has 4 nitrogen and oxygen atoms in total. The Bertz CT molecular complexity index is 633. The Labute approximate surface area is 127 Å². The van der Waals surface area contributed by atoms with Crippen LogP contribution in [0.2, 0.25) is 10.0 Å². The predicted molar refractivity (Wildman–Crippen MR) is 71.4 cm³/mol. The highest BCUT2D eigenvalue weighted by atomic mass is 35.5. The van der Waals surface area contributed by atoms with Gasteiger partial charge in [-0.3, -0.25) is 4.79 Å². The second-order valence-electron chi connectivity index (χ2n) is 4.57. The number of carbonyl (C=O) groups is 1. The molecule has 0 aliphatic carbocycles. The molecule has 1 aliphatic rings. The Hall–Kier alpha value is -1.31. The number of alkyl halides is 3. The van der Waals surface area contributed by atoms with Crippen LogP contribution in [0.1, 0.15) is 23.7 Å². The maximum Gasteiger partial charge on any atom is 0.438 e. The Kier molecular flexibility index (Phi) is 3.94. The number of hydrazone groups is 1. The van der Waals surface area contributed by atoms with Gasteiger partial charge in [-0.25, -0.2) is 0 Å². The van der Waals surface area contributed by atoms with Crippen LogP contribution in [0, 0.1) is 0 Å². The summed E-state index contributed by atoms with van der Waals surface area (Å²) in [4.78, 5) is 12.2. The van der Waals surface area contributed by atoms with Gasteiger partial charge in [0.15, 0.2) is 0 Å². The minimum absolute atomic E-state index is 0.0109. The van der Waals surface area contributed by atoms with Crippen molar-refractivity contribution < 1.29 is 23.1 Å². The van der Waals surface area contributed by atoms with Gasteiger partial charge in [0, 0.05) is 17.7 Å². The fraction of sp³-hybridized carbons (Fsp3) is 0.333. The van der Waals surface area contributed by atoms with E-state index in [-0.39, 0.29) is 26.3 Å². The molecule has 0 saturated carbocycles. The van der Waals surface area contributed by atoms with E-state index in [4.69, 9.17) is 23.2 Å². The van der Waals surface area contributed by atoms with Gasteiger partial charge in [-0.1, -0.05) is 23.2 Å². The number of amides is 1. The number of aliphatic hydroxyl groups is 1. The highest BCUT2D eigenvalue weighted by Gasteiger charge is 2.62. The summed E-state index contributed by atoms with van der Waals surface area (Å²) in [7, 11) is 0. The van der Waals surface area contributed by atoms with E-state index in [0.29, 0.717) is 0 Å². The van der Waals surface area contributed by atoms with E-state index in [9.17, 15) is 23.1 Å². The van der Waals surface area contributed by atoms with E-state index in [1.165, 1.54) is 19.1 Å². The Morgan fingerprint density at radius 2 is 2.00 bits per heavy atom. The molecule has 21 heavy (non-hydrogen) atoms. The molecular weight excluding hydrogens is 332 g/mol. The van der Waals surface area contributed by atoms with Gasteiger partial charge < -0.3 is 5.11 Å². The molecule has 1 heterocycles. The smallest absolute Gasteiger partial charge is 0.362 e. The summed E-state index contributed by atoms with van der Waals surface area (Å²) in [5.41, 5.74) is -3.53. The second-order valence-corrected chi connectivity index (χ2v) is 5.39. The van der Waals surface area contributed by atoms with Crippen LogP contribution in [0.4, 0.5) is 13.2 Å². The van der Waals surface area contributed by atoms with Gasteiger partial charge in [0.25, 0.3) is 11.6 Å². The van der Waals surface area contributed by atoms with Gasteiger partial charge in [-0.05, 0) is 25.1 Å². The van der Waals surface area contributed by atoms with Crippen molar-refractivity contribution in [3.8, 4) is 0 Å². The third kappa shape index (κ3) is 2.73.